The van der Waals surface area contributed by atoms with Gasteiger partial charge in [-0.25, -0.2) is 0 Å². The average Bonchev–Trinajstić information content (AvgIpc) is 0.746. The topological polar surface area (TPSA) is 73.8 Å². The standard InChI is InChI=1S/C82H116O8/c1-9-17-25-33-41-83-75-53-67-63-49-61-51-65-66(52-62(61)50-64(63)68-54-76(84-42-34-26-18-10-2)80(88-46-38-30-22-14-6)58-72(68)71(67)57-79(75)87-45-37-29-21-13-5)70-56-78(86-44-36-28-20-12-4)82(90-48-40-32-24-16-8)60-74(70)73-59-81(89-47-39-31-23-15-7)77(55-69(65)73)85-43-35-27-19-11-3/h49-60H,9-48H2,1-8H3. The summed E-state index contributed by atoms with van der Waals surface area (Å²) in [4.78, 5) is 0. The van der Waals surface area contributed by atoms with E-state index in [0.29, 0.717) is 52.9 Å². The maximum atomic E-state index is 6.86. The van der Waals surface area contributed by atoms with Crippen molar-refractivity contribution < 1.29 is 37.9 Å². The fraction of sp³-hybridized carbons (Fsp3) is 0.585. The molecule has 8 heteroatoms. The molecule has 0 amide bonds. The lowest BCUT2D eigenvalue weighted by molar-refractivity contribution is 0.259. The van der Waals surface area contributed by atoms with Gasteiger partial charge in [0, 0.05) is 0 Å². The van der Waals surface area contributed by atoms with E-state index in [0.717, 1.165) is 224 Å². The van der Waals surface area contributed by atoms with Crippen molar-refractivity contribution in [1.82, 2.24) is 0 Å². The van der Waals surface area contributed by atoms with Crippen LogP contribution in [0.1, 0.15) is 261 Å². The van der Waals surface area contributed by atoms with Gasteiger partial charge in [0.15, 0.2) is 46.0 Å². The molecule has 0 saturated carbocycles. The monoisotopic (exact) mass is 1230 g/mol. The first-order valence-electron chi connectivity index (χ1n) is 36.8. The third-order valence-corrected chi connectivity index (χ3v) is 18.2. The largest absolute Gasteiger partial charge is 0.490 e. The first-order valence-corrected chi connectivity index (χ1v) is 36.8. The molecule has 0 unspecified atom stereocenters. The summed E-state index contributed by atoms with van der Waals surface area (Å²) in [6.07, 6.45) is 36.1. The summed E-state index contributed by atoms with van der Waals surface area (Å²) in [5.41, 5.74) is 0. The number of ether oxygens (including phenoxy) is 8. The summed E-state index contributed by atoms with van der Waals surface area (Å²) in [5.74, 6) is 6.46. The zero-order chi connectivity index (χ0) is 63.1. The number of unbranched alkanes of at least 4 members (excludes halogenated alkanes) is 24. The van der Waals surface area contributed by atoms with E-state index in [4.69, 9.17) is 37.9 Å². The lowest BCUT2D eigenvalue weighted by atomic mass is 9.88. The average molecular weight is 1230 g/mol. The van der Waals surface area contributed by atoms with Gasteiger partial charge in [0.2, 0.25) is 0 Å². The zero-order valence-corrected chi connectivity index (χ0v) is 57.5. The van der Waals surface area contributed by atoms with E-state index >= 15 is 0 Å². The van der Waals surface area contributed by atoms with Gasteiger partial charge in [-0.15, -0.1) is 0 Å². The highest BCUT2D eigenvalue weighted by atomic mass is 16.5. The van der Waals surface area contributed by atoms with Gasteiger partial charge in [0.1, 0.15) is 0 Å². The lowest BCUT2D eigenvalue weighted by Crippen LogP contribution is -2.04. The van der Waals surface area contributed by atoms with Crippen LogP contribution in [0, 0.1) is 0 Å². The molecule has 8 nitrogen and oxygen atoms in total. The predicted molar refractivity (Wildman–Crippen MR) is 386 cm³/mol. The van der Waals surface area contributed by atoms with E-state index in [-0.39, 0.29) is 0 Å². The maximum Gasteiger partial charge on any atom is 0.161 e. The molecular weight excluding hydrogens is 1110 g/mol. The van der Waals surface area contributed by atoms with Gasteiger partial charge in [0.25, 0.3) is 0 Å². The van der Waals surface area contributed by atoms with Crippen LogP contribution in [0.25, 0.3) is 75.4 Å². The SMILES string of the molecule is CCCCCCOc1cc2c3cc(OCCCCCC)c(OCCCCCC)cc3c3cc4cc5c6cc(OCCCCCC)c(OCCCCCC)cc6c6cc(OCCCCCC)c(OCCCCCC)cc6c5cc4cc3c2cc1OCCCCCC. The Kier molecular flexibility index (Phi) is 30.1. The van der Waals surface area contributed by atoms with E-state index in [1.165, 1.54) is 103 Å². The minimum Gasteiger partial charge on any atom is -0.490 e. The molecular formula is C82H116O8. The highest BCUT2D eigenvalue weighted by molar-refractivity contribution is 6.31. The molecule has 0 atom stereocenters. The number of rotatable bonds is 48. The van der Waals surface area contributed by atoms with Gasteiger partial charge in [-0.1, -0.05) is 209 Å². The Morgan fingerprint density at radius 3 is 0.400 bits per heavy atom. The molecule has 0 bridgehead atoms. The first-order chi connectivity index (χ1) is 44.4. The minimum absolute atomic E-state index is 0.641. The second-order valence-electron chi connectivity index (χ2n) is 25.8. The second-order valence-corrected chi connectivity index (χ2v) is 25.8. The third-order valence-electron chi connectivity index (χ3n) is 18.2. The van der Waals surface area contributed by atoms with Crippen LogP contribution in [0.5, 0.6) is 46.0 Å². The number of hydrogen-bond acceptors (Lipinski definition) is 8. The Balaban J connectivity index is 1.43. The smallest absolute Gasteiger partial charge is 0.161 e. The van der Waals surface area contributed by atoms with Crippen molar-refractivity contribution in [3.8, 4) is 46.0 Å². The number of hydrogen-bond donors (Lipinski definition) is 0. The van der Waals surface area contributed by atoms with Gasteiger partial charge < -0.3 is 37.9 Å². The Morgan fingerprint density at radius 1 is 0.156 bits per heavy atom. The molecule has 0 heterocycles. The molecule has 8 aromatic carbocycles. The summed E-state index contributed by atoms with van der Waals surface area (Å²) in [7, 11) is 0. The highest BCUT2D eigenvalue weighted by Gasteiger charge is 2.23. The molecule has 8 aromatic rings. The van der Waals surface area contributed by atoms with Gasteiger partial charge in [-0.2, -0.15) is 0 Å². The molecule has 90 heavy (non-hydrogen) atoms. The molecule has 0 aliphatic heterocycles. The summed E-state index contributed by atoms with van der Waals surface area (Å²) in [6, 6.07) is 28.0. The van der Waals surface area contributed by atoms with Crippen LogP contribution in [0.2, 0.25) is 0 Å². The molecule has 8 rings (SSSR count). The highest BCUT2D eigenvalue weighted by Crippen LogP contribution is 2.49. The van der Waals surface area contributed by atoms with Crippen LogP contribution in [0.3, 0.4) is 0 Å². The van der Waals surface area contributed by atoms with Crippen LogP contribution in [-0.4, -0.2) is 52.9 Å². The maximum absolute atomic E-state index is 6.86. The second kappa shape index (κ2) is 38.7. The molecule has 0 saturated heterocycles. The van der Waals surface area contributed by atoms with Gasteiger partial charge in [0.05, 0.1) is 52.9 Å². The van der Waals surface area contributed by atoms with Crippen molar-refractivity contribution >= 4 is 75.4 Å². The van der Waals surface area contributed by atoms with E-state index < -0.39 is 0 Å². The van der Waals surface area contributed by atoms with Crippen molar-refractivity contribution in [2.45, 2.75) is 261 Å². The molecule has 0 N–H and O–H groups in total. The van der Waals surface area contributed by atoms with Crippen molar-refractivity contribution in [2.24, 2.45) is 0 Å². The summed E-state index contributed by atoms with van der Waals surface area (Å²) >= 11 is 0. The number of benzene rings is 8. The third kappa shape index (κ3) is 19.5. The van der Waals surface area contributed by atoms with Crippen LogP contribution >= 0.6 is 0 Å². The molecule has 0 aliphatic rings. The predicted octanol–water partition coefficient (Wildman–Crippen LogP) is 25.4. The number of fused-ring (bicyclic) bond motifs is 13. The van der Waals surface area contributed by atoms with Crippen LogP contribution in [0.15, 0.2) is 72.8 Å². The fourth-order valence-corrected chi connectivity index (χ4v) is 12.9. The first kappa shape index (κ1) is 69.9. The summed E-state index contributed by atoms with van der Waals surface area (Å²) in [5, 5.41) is 16.0. The molecule has 0 spiro atoms. The zero-order valence-electron chi connectivity index (χ0n) is 57.5. The lowest BCUT2D eigenvalue weighted by Gasteiger charge is -2.21. The minimum atomic E-state index is 0.641. The van der Waals surface area contributed by atoms with Crippen LogP contribution in [0.4, 0.5) is 0 Å². The van der Waals surface area contributed by atoms with Crippen molar-refractivity contribution in [3.63, 3.8) is 0 Å². The molecule has 492 valence electrons. The fourth-order valence-electron chi connectivity index (χ4n) is 12.9. The molecule has 0 radical (unpaired) electrons. The van der Waals surface area contributed by atoms with E-state index in [2.05, 4.69) is 128 Å². The van der Waals surface area contributed by atoms with E-state index in [1.807, 2.05) is 0 Å². The van der Waals surface area contributed by atoms with Crippen LogP contribution in [-0.2, 0) is 0 Å². The Morgan fingerprint density at radius 2 is 0.278 bits per heavy atom. The van der Waals surface area contributed by atoms with Crippen LogP contribution < -0.4 is 37.9 Å². The molecule has 0 aliphatic carbocycles. The van der Waals surface area contributed by atoms with E-state index in [9.17, 15) is 0 Å². The van der Waals surface area contributed by atoms with Gasteiger partial charge in [-0.05, 0) is 200 Å². The van der Waals surface area contributed by atoms with Gasteiger partial charge >= 0.3 is 0 Å². The van der Waals surface area contributed by atoms with Crippen molar-refractivity contribution in [2.75, 3.05) is 52.9 Å². The van der Waals surface area contributed by atoms with E-state index in [1.54, 1.807) is 0 Å². The summed E-state index contributed by atoms with van der Waals surface area (Å²) < 4.78 is 54.8. The quantitative estimate of drug-likeness (QED) is 0.0212. The normalized spacial score (nSPS) is 11.8. The van der Waals surface area contributed by atoms with Crippen molar-refractivity contribution in [1.29, 1.82) is 0 Å². The Bertz CT molecular complexity index is 2990. The molecule has 0 fully saturated rings. The van der Waals surface area contributed by atoms with Gasteiger partial charge in [-0.3, -0.25) is 0 Å². The Hall–Kier alpha value is -6.02. The summed E-state index contributed by atoms with van der Waals surface area (Å²) in [6.45, 7) is 23.2. The van der Waals surface area contributed by atoms with Crippen molar-refractivity contribution in [3.05, 3.63) is 72.8 Å². The molecule has 0 aromatic heterocycles. The Labute approximate surface area is 543 Å².